The predicted octanol–water partition coefficient (Wildman–Crippen LogP) is 3.68. The van der Waals surface area contributed by atoms with Gasteiger partial charge >= 0.3 is 0 Å². The van der Waals surface area contributed by atoms with Crippen LogP contribution in [0.5, 0.6) is 11.5 Å². The standard InChI is InChI=1S/C19H18N2O3S/c1-3-13-10-14-18(25-13)20-17-12(6-7-21(17)19(14)23)8-11-4-5-15(22)16(9-11)24-2/h4-5,8-10,22H,3,6-7H2,1-2H3/b12-8-. The van der Waals surface area contributed by atoms with E-state index in [1.807, 2.05) is 18.2 Å². The zero-order chi connectivity index (χ0) is 17.6. The predicted molar refractivity (Wildman–Crippen MR) is 100 cm³/mol. The summed E-state index contributed by atoms with van der Waals surface area (Å²) in [5, 5.41) is 10.5. The molecule has 128 valence electrons. The van der Waals surface area contributed by atoms with Crippen molar-refractivity contribution in [1.29, 1.82) is 0 Å². The Morgan fingerprint density at radius 1 is 1.40 bits per heavy atom. The van der Waals surface area contributed by atoms with Crippen LogP contribution in [0.15, 0.2) is 29.1 Å². The number of methoxy groups -OCH3 is 1. The summed E-state index contributed by atoms with van der Waals surface area (Å²) in [7, 11) is 1.52. The first-order valence-corrected chi connectivity index (χ1v) is 9.03. The number of aryl methyl sites for hydroxylation is 1. The van der Waals surface area contributed by atoms with E-state index in [-0.39, 0.29) is 11.3 Å². The third-order valence-corrected chi connectivity index (χ3v) is 5.66. The average molecular weight is 354 g/mol. The summed E-state index contributed by atoms with van der Waals surface area (Å²) in [5.74, 6) is 1.28. The van der Waals surface area contributed by atoms with Crippen LogP contribution in [-0.2, 0) is 13.0 Å². The van der Waals surface area contributed by atoms with Crippen LogP contribution in [-0.4, -0.2) is 21.8 Å². The lowest BCUT2D eigenvalue weighted by Gasteiger charge is -2.05. The molecule has 25 heavy (non-hydrogen) atoms. The van der Waals surface area contributed by atoms with Crippen LogP contribution in [0, 0.1) is 0 Å². The summed E-state index contributed by atoms with van der Waals surface area (Å²) in [6.45, 7) is 2.73. The fourth-order valence-corrected chi connectivity index (χ4v) is 4.12. The number of ether oxygens (including phenoxy) is 1. The van der Waals surface area contributed by atoms with Crippen LogP contribution < -0.4 is 10.3 Å². The Balaban J connectivity index is 1.83. The van der Waals surface area contributed by atoms with E-state index >= 15 is 0 Å². The number of nitrogens with zero attached hydrogens (tertiary/aromatic N) is 2. The van der Waals surface area contributed by atoms with Crippen molar-refractivity contribution in [1.82, 2.24) is 9.55 Å². The van der Waals surface area contributed by atoms with Crippen LogP contribution in [0.25, 0.3) is 21.9 Å². The first-order chi connectivity index (χ1) is 12.1. The summed E-state index contributed by atoms with van der Waals surface area (Å²) in [6, 6.07) is 7.18. The number of aromatic hydroxyl groups is 1. The van der Waals surface area contributed by atoms with Crippen LogP contribution in [0.4, 0.5) is 0 Å². The molecule has 0 radical (unpaired) electrons. The molecule has 0 amide bonds. The molecule has 0 aliphatic carbocycles. The van der Waals surface area contributed by atoms with Gasteiger partial charge in [0.15, 0.2) is 11.5 Å². The summed E-state index contributed by atoms with van der Waals surface area (Å²) in [5.41, 5.74) is 1.98. The zero-order valence-electron chi connectivity index (χ0n) is 14.1. The van der Waals surface area contributed by atoms with Gasteiger partial charge in [-0.15, -0.1) is 11.3 Å². The molecule has 1 aromatic carbocycles. The van der Waals surface area contributed by atoms with Gasteiger partial charge in [0.25, 0.3) is 5.56 Å². The van der Waals surface area contributed by atoms with E-state index in [4.69, 9.17) is 9.72 Å². The lowest BCUT2D eigenvalue weighted by Crippen LogP contribution is -2.19. The quantitative estimate of drug-likeness (QED) is 0.779. The highest BCUT2D eigenvalue weighted by molar-refractivity contribution is 7.18. The smallest absolute Gasteiger partial charge is 0.262 e. The average Bonchev–Trinajstić information content (AvgIpc) is 3.21. The second kappa shape index (κ2) is 6.04. The Hall–Kier alpha value is -2.60. The highest BCUT2D eigenvalue weighted by Gasteiger charge is 2.22. The molecule has 3 aromatic rings. The summed E-state index contributed by atoms with van der Waals surface area (Å²) >= 11 is 1.59. The molecule has 1 N–H and O–H groups in total. The van der Waals surface area contributed by atoms with Crippen molar-refractivity contribution in [2.24, 2.45) is 0 Å². The third kappa shape index (κ3) is 2.62. The monoisotopic (exact) mass is 354 g/mol. The lowest BCUT2D eigenvalue weighted by molar-refractivity contribution is 0.373. The maximum Gasteiger partial charge on any atom is 0.262 e. The summed E-state index contributed by atoms with van der Waals surface area (Å²) in [6.07, 6.45) is 3.68. The van der Waals surface area contributed by atoms with Crippen LogP contribution in [0.1, 0.15) is 29.6 Å². The van der Waals surface area contributed by atoms with E-state index in [1.54, 1.807) is 28.0 Å². The number of phenolic OH excluding ortho intramolecular Hbond substituents is 1. The van der Waals surface area contributed by atoms with Gasteiger partial charge in [-0.2, -0.15) is 0 Å². The Morgan fingerprint density at radius 2 is 2.24 bits per heavy atom. The highest BCUT2D eigenvalue weighted by atomic mass is 32.1. The molecule has 3 heterocycles. The Bertz CT molecular complexity index is 1060. The fraction of sp³-hybridized carbons (Fsp3) is 0.263. The van der Waals surface area contributed by atoms with Crippen molar-refractivity contribution >= 4 is 33.2 Å². The van der Waals surface area contributed by atoms with Crippen molar-refractivity contribution in [3.05, 3.63) is 50.9 Å². The van der Waals surface area contributed by atoms with Gasteiger partial charge in [0, 0.05) is 11.4 Å². The normalized spacial score (nSPS) is 15.0. The topological polar surface area (TPSA) is 64.4 Å². The van der Waals surface area contributed by atoms with E-state index in [9.17, 15) is 9.90 Å². The Morgan fingerprint density at radius 3 is 3.00 bits per heavy atom. The van der Waals surface area contributed by atoms with Gasteiger partial charge in [-0.1, -0.05) is 13.0 Å². The van der Waals surface area contributed by atoms with Gasteiger partial charge in [-0.25, -0.2) is 4.98 Å². The van der Waals surface area contributed by atoms with Crippen LogP contribution in [0.3, 0.4) is 0 Å². The molecule has 0 saturated heterocycles. The van der Waals surface area contributed by atoms with E-state index in [0.717, 1.165) is 40.0 Å². The minimum Gasteiger partial charge on any atom is -0.504 e. The number of aromatic nitrogens is 2. The van der Waals surface area contributed by atoms with Crippen molar-refractivity contribution < 1.29 is 9.84 Å². The van der Waals surface area contributed by atoms with Gasteiger partial charge in [-0.05, 0) is 48.3 Å². The van der Waals surface area contributed by atoms with Gasteiger partial charge in [-0.3, -0.25) is 9.36 Å². The molecule has 1 aliphatic rings. The highest BCUT2D eigenvalue weighted by Crippen LogP contribution is 2.32. The molecule has 5 nitrogen and oxygen atoms in total. The maximum absolute atomic E-state index is 12.7. The second-order valence-electron chi connectivity index (χ2n) is 6.03. The molecule has 4 rings (SSSR count). The van der Waals surface area contributed by atoms with Crippen molar-refractivity contribution in [3.63, 3.8) is 0 Å². The van der Waals surface area contributed by atoms with Gasteiger partial charge in [0.05, 0.1) is 12.5 Å². The molecule has 0 unspecified atom stereocenters. The minimum atomic E-state index is 0.0441. The van der Waals surface area contributed by atoms with Crippen molar-refractivity contribution in [2.75, 3.05) is 7.11 Å². The number of hydrogen-bond acceptors (Lipinski definition) is 5. The van der Waals surface area contributed by atoms with E-state index in [0.29, 0.717) is 12.3 Å². The first-order valence-electron chi connectivity index (χ1n) is 8.22. The molecule has 1 aliphatic heterocycles. The first kappa shape index (κ1) is 15.9. The van der Waals surface area contributed by atoms with Crippen LogP contribution in [0.2, 0.25) is 0 Å². The van der Waals surface area contributed by atoms with Crippen molar-refractivity contribution in [3.8, 4) is 11.5 Å². The third-order valence-electron chi connectivity index (χ3n) is 4.49. The van der Waals surface area contributed by atoms with Crippen molar-refractivity contribution in [2.45, 2.75) is 26.3 Å². The maximum atomic E-state index is 12.7. The van der Waals surface area contributed by atoms with E-state index in [2.05, 4.69) is 6.92 Å². The lowest BCUT2D eigenvalue weighted by atomic mass is 10.1. The number of allylic oxidation sites excluding steroid dienone is 1. The van der Waals surface area contributed by atoms with Gasteiger partial charge in [0.2, 0.25) is 0 Å². The van der Waals surface area contributed by atoms with Gasteiger partial charge < -0.3 is 9.84 Å². The molecule has 2 aromatic heterocycles. The molecule has 0 atom stereocenters. The van der Waals surface area contributed by atoms with Crippen LogP contribution >= 0.6 is 11.3 Å². The molecule has 6 heteroatoms. The van der Waals surface area contributed by atoms with E-state index in [1.165, 1.54) is 12.0 Å². The number of fused-ring (bicyclic) bond motifs is 2. The van der Waals surface area contributed by atoms with Gasteiger partial charge in [0.1, 0.15) is 10.7 Å². The molecular formula is C19H18N2O3S. The fourth-order valence-electron chi connectivity index (χ4n) is 3.16. The zero-order valence-corrected chi connectivity index (χ0v) is 14.9. The Kier molecular flexibility index (Phi) is 3.84. The Labute approximate surface area is 148 Å². The number of rotatable bonds is 3. The van der Waals surface area contributed by atoms with E-state index < -0.39 is 0 Å². The molecular weight excluding hydrogens is 336 g/mol. The second-order valence-corrected chi connectivity index (χ2v) is 7.14. The molecule has 0 bridgehead atoms. The largest absolute Gasteiger partial charge is 0.504 e. The molecule has 0 fully saturated rings. The summed E-state index contributed by atoms with van der Waals surface area (Å²) in [4.78, 5) is 19.5. The number of thiophene rings is 1. The SMILES string of the molecule is CCc1cc2c(=O)n3c(nc2s1)/C(=C\c1ccc(O)c(OC)c1)CC3. The molecule has 0 spiro atoms. The number of phenols is 1. The molecule has 0 saturated carbocycles. The number of hydrogen-bond donors (Lipinski definition) is 1. The summed E-state index contributed by atoms with van der Waals surface area (Å²) < 4.78 is 6.92. The minimum absolute atomic E-state index is 0.0441. The number of benzene rings is 1.